The minimum absolute atomic E-state index is 0.194. The number of nitrogens with zero attached hydrogens (tertiary/aromatic N) is 1. The van der Waals surface area contributed by atoms with E-state index in [9.17, 15) is 5.11 Å². The zero-order chi connectivity index (χ0) is 19.0. The van der Waals surface area contributed by atoms with Crippen molar-refractivity contribution in [3.63, 3.8) is 0 Å². The van der Waals surface area contributed by atoms with Crippen molar-refractivity contribution >= 4 is 10.9 Å². The molecule has 0 aliphatic carbocycles. The van der Waals surface area contributed by atoms with Crippen molar-refractivity contribution in [3.05, 3.63) is 71.4 Å². The Bertz CT molecular complexity index is 953. The van der Waals surface area contributed by atoms with E-state index in [0.717, 1.165) is 40.7 Å². The molecule has 4 heteroatoms. The molecule has 2 aromatic carbocycles. The van der Waals surface area contributed by atoms with Gasteiger partial charge in [-0.15, -0.1) is 0 Å². The monoisotopic (exact) mass is 362 g/mol. The maximum absolute atomic E-state index is 10.9. The molecule has 2 N–H and O–H groups in total. The van der Waals surface area contributed by atoms with E-state index in [4.69, 9.17) is 4.74 Å². The van der Waals surface area contributed by atoms with Crippen LogP contribution in [0.15, 0.2) is 54.7 Å². The van der Waals surface area contributed by atoms with Gasteiger partial charge in [-0.1, -0.05) is 30.3 Å². The number of aromatic nitrogens is 1. The second kappa shape index (κ2) is 6.95. The third-order valence-electron chi connectivity index (χ3n) is 5.31. The zero-order valence-electron chi connectivity index (χ0n) is 16.1. The number of fused-ring (bicyclic) bond motifs is 2. The Morgan fingerprint density at radius 2 is 1.93 bits per heavy atom. The Balaban J connectivity index is 1.65. The number of rotatable bonds is 4. The first-order valence-corrected chi connectivity index (χ1v) is 9.49. The van der Waals surface area contributed by atoms with Crippen molar-refractivity contribution in [2.45, 2.75) is 44.9 Å². The molecule has 2 atom stereocenters. The van der Waals surface area contributed by atoms with Crippen LogP contribution in [0.25, 0.3) is 10.9 Å². The summed E-state index contributed by atoms with van der Waals surface area (Å²) >= 11 is 0. The average Bonchev–Trinajstić information content (AvgIpc) is 2.64. The van der Waals surface area contributed by atoms with Gasteiger partial charge in [0.1, 0.15) is 17.5 Å². The molecule has 3 aromatic rings. The normalized spacial score (nSPS) is 20.9. The highest BCUT2D eigenvalue weighted by atomic mass is 16.5. The van der Waals surface area contributed by atoms with Crippen LogP contribution in [0.4, 0.5) is 0 Å². The van der Waals surface area contributed by atoms with Gasteiger partial charge in [0.05, 0.1) is 11.6 Å². The molecule has 0 unspecified atom stereocenters. The SMILES string of the molecule is Cc1cnc2cc3c(cc2c1)OC(C)(C)[C@H](O)[C@H]3NCCc1ccccc1. The lowest BCUT2D eigenvalue weighted by molar-refractivity contribution is -0.0642. The molecule has 0 fully saturated rings. The van der Waals surface area contributed by atoms with E-state index in [1.165, 1.54) is 5.56 Å². The molecule has 0 saturated carbocycles. The van der Waals surface area contributed by atoms with Gasteiger partial charge >= 0.3 is 0 Å². The van der Waals surface area contributed by atoms with Crippen molar-refractivity contribution < 1.29 is 9.84 Å². The number of pyridine rings is 1. The smallest absolute Gasteiger partial charge is 0.131 e. The standard InChI is InChI=1S/C23H26N2O2/c1-15-11-17-12-20-18(13-19(17)25-14-15)21(22(26)23(2,3)27-20)24-10-9-16-7-5-4-6-8-16/h4-8,11-14,21-22,24,26H,9-10H2,1-3H3/t21-,22+/m0/s1. The van der Waals surface area contributed by atoms with Crippen molar-refractivity contribution in [2.75, 3.05) is 6.54 Å². The van der Waals surface area contributed by atoms with Gasteiger partial charge in [0.25, 0.3) is 0 Å². The lowest BCUT2D eigenvalue weighted by Gasteiger charge is -2.42. The van der Waals surface area contributed by atoms with Gasteiger partial charge in [-0.3, -0.25) is 4.98 Å². The number of aliphatic hydroxyl groups is 1. The second-order valence-electron chi connectivity index (χ2n) is 7.91. The van der Waals surface area contributed by atoms with E-state index in [2.05, 4.69) is 40.6 Å². The fourth-order valence-electron chi connectivity index (χ4n) is 3.77. The molecule has 1 aliphatic rings. The van der Waals surface area contributed by atoms with Crippen LogP contribution in [0.3, 0.4) is 0 Å². The fourth-order valence-corrected chi connectivity index (χ4v) is 3.77. The quantitative estimate of drug-likeness (QED) is 0.738. The molecule has 0 amide bonds. The molecule has 0 bridgehead atoms. The van der Waals surface area contributed by atoms with Crippen LogP contribution < -0.4 is 10.1 Å². The maximum Gasteiger partial charge on any atom is 0.131 e. The first kappa shape index (κ1) is 18.0. The molecule has 0 spiro atoms. The van der Waals surface area contributed by atoms with Crippen LogP contribution in [0.5, 0.6) is 5.75 Å². The van der Waals surface area contributed by atoms with Crippen molar-refractivity contribution in [3.8, 4) is 5.75 Å². The summed E-state index contributed by atoms with van der Waals surface area (Å²) in [5, 5.41) is 15.6. The number of hydrogen-bond acceptors (Lipinski definition) is 4. The molecule has 1 aliphatic heterocycles. The molecular weight excluding hydrogens is 336 g/mol. The van der Waals surface area contributed by atoms with Crippen LogP contribution in [-0.2, 0) is 6.42 Å². The van der Waals surface area contributed by atoms with Crippen molar-refractivity contribution in [1.29, 1.82) is 0 Å². The van der Waals surface area contributed by atoms with Crippen LogP contribution >= 0.6 is 0 Å². The molecule has 27 heavy (non-hydrogen) atoms. The minimum atomic E-state index is -0.664. The van der Waals surface area contributed by atoms with E-state index in [1.54, 1.807) is 0 Å². The van der Waals surface area contributed by atoms with Crippen molar-refractivity contribution in [1.82, 2.24) is 10.3 Å². The third-order valence-corrected chi connectivity index (χ3v) is 5.31. The molecular formula is C23H26N2O2. The van der Waals surface area contributed by atoms with Gasteiger partial charge in [0.15, 0.2) is 0 Å². The van der Waals surface area contributed by atoms with Crippen LogP contribution in [-0.4, -0.2) is 28.3 Å². The van der Waals surface area contributed by atoms with Gasteiger partial charge < -0.3 is 15.2 Å². The van der Waals surface area contributed by atoms with Gasteiger partial charge in [0, 0.05) is 17.1 Å². The Hall–Kier alpha value is -2.43. The molecule has 4 nitrogen and oxygen atoms in total. The summed E-state index contributed by atoms with van der Waals surface area (Å²) in [6.07, 6.45) is 2.13. The number of nitrogens with one attached hydrogen (secondary N) is 1. The first-order chi connectivity index (χ1) is 12.9. The topological polar surface area (TPSA) is 54.4 Å². The Morgan fingerprint density at radius 3 is 2.70 bits per heavy atom. The highest BCUT2D eigenvalue weighted by Crippen LogP contribution is 2.41. The summed E-state index contributed by atoms with van der Waals surface area (Å²) in [5.74, 6) is 0.822. The third kappa shape index (κ3) is 3.55. The van der Waals surface area contributed by atoms with E-state index in [0.29, 0.717) is 0 Å². The summed E-state index contributed by atoms with van der Waals surface area (Å²) in [6, 6.07) is 16.4. The predicted molar refractivity (Wildman–Crippen MR) is 108 cm³/mol. The second-order valence-corrected chi connectivity index (χ2v) is 7.91. The van der Waals surface area contributed by atoms with Gasteiger partial charge in [0.2, 0.25) is 0 Å². The average molecular weight is 362 g/mol. The molecule has 140 valence electrons. The minimum Gasteiger partial charge on any atom is -0.485 e. The summed E-state index contributed by atoms with van der Waals surface area (Å²) < 4.78 is 6.16. The van der Waals surface area contributed by atoms with E-state index >= 15 is 0 Å². The molecule has 1 aromatic heterocycles. The maximum atomic E-state index is 10.9. The highest BCUT2D eigenvalue weighted by Gasteiger charge is 2.42. The Labute approximate surface area is 160 Å². The number of benzene rings is 2. The molecule has 0 saturated heterocycles. The van der Waals surface area contributed by atoms with Gasteiger partial charge in [-0.2, -0.15) is 0 Å². The Morgan fingerprint density at radius 1 is 1.15 bits per heavy atom. The van der Waals surface area contributed by atoms with Gasteiger partial charge in [-0.25, -0.2) is 0 Å². The van der Waals surface area contributed by atoms with E-state index in [-0.39, 0.29) is 6.04 Å². The number of aryl methyl sites for hydroxylation is 1. The summed E-state index contributed by atoms with van der Waals surface area (Å²) in [4.78, 5) is 4.55. The van der Waals surface area contributed by atoms with Crippen molar-refractivity contribution in [2.24, 2.45) is 0 Å². The van der Waals surface area contributed by atoms with E-state index in [1.807, 2.05) is 45.2 Å². The number of ether oxygens (including phenoxy) is 1. The van der Waals surface area contributed by atoms with E-state index < -0.39 is 11.7 Å². The number of aliphatic hydroxyl groups excluding tert-OH is 1. The lowest BCUT2D eigenvalue weighted by atomic mass is 9.86. The fraction of sp³-hybridized carbons (Fsp3) is 0.348. The highest BCUT2D eigenvalue weighted by molar-refractivity contribution is 5.82. The zero-order valence-corrected chi connectivity index (χ0v) is 16.1. The lowest BCUT2D eigenvalue weighted by Crippen LogP contribution is -2.52. The summed E-state index contributed by atoms with van der Waals surface area (Å²) in [7, 11) is 0. The largest absolute Gasteiger partial charge is 0.485 e. The molecule has 4 rings (SSSR count). The van der Waals surface area contributed by atoms with Gasteiger partial charge in [-0.05, 0) is 63.1 Å². The first-order valence-electron chi connectivity index (χ1n) is 9.49. The predicted octanol–water partition coefficient (Wildman–Crippen LogP) is 3.95. The van der Waals surface area contributed by atoms with Crippen LogP contribution in [0, 0.1) is 6.92 Å². The number of hydrogen-bond donors (Lipinski definition) is 2. The Kier molecular flexibility index (Phi) is 4.62. The summed E-state index contributed by atoms with van der Waals surface area (Å²) in [6.45, 7) is 6.69. The molecule has 0 radical (unpaired) electrons. The molecule has 2 heterocycles. The summed E-state index contributed by atoms with van der Waals surface area (Å²) in [5.41, 5.74) is 3.63. The van der Waals surface area contributed by atoms with Crippen LogP contribution in [0.2, 0.25) is 0 Å². The van der Waals surface area contributed by atoms with Crippen LogP contribution in [0.1, 0.15) is 36.6 Å².